The van der Waals surface area contributed by atoms with E-state index in [1.807, 2.05) is 6.07 Å². The molecule has 1 aromatic heterocycles. The van der Waals surface area contributed by atoms with Gasteiger partial charge < -0.3 is 11.1 Å². The lowest BCUT2D eigenvalue weighted by Gasteiger charge is -2.22. The average Bonchev–Trinajstić information content (AvgIpc) is 2.35. The van der Waals surface area contributed by atoms with Crippen LogP contribution < -0.4 is 11.1 Å². The molecule has 0 radical (unpaired) electrons. The number of pyridine rings is 1. The monoisotopic (exact) mass is 317 g/mol. The average molecular weight is 317 g/mol. The molecule has 0 spiro atoms. The highest BCUT2D eigenvalue weighted by Crippen LogP contribution is 2.27. The molecule has 1 unspecified atom stereocenters. The van der Waals surface area contributed by atoms with E-state index in [0.29, 0.717) is 11.4 Å². The highest BCUT2D eigenvalue weighted by atomic mass is 32.1. The van der Waals surface area contributed by atoms with Gasteiger partial charge in [-0.1, -0.05) is 12.2 Å². The maximum atomic E-state index is 12.4. The van der Waals surface area contributed by atoms with Gasteiger partial charge in [-0.25, -0.2) is 4.98 Å². The van der Waals surface area contributed by atoms with Crippen LogP contribution >= 0.6 is 12.2 Å². The molecular formula is C14H18F3N3S. The van der Waals surface area contributed by atoms with Gasteiger partial charge in [0.15, 0.2) is 0 Å². The first-order valence-corrected chi connectivity index (χ1v) is 7.33. The summed E-state index contributed by atoms with van der Waals surface area (Å²) in [5.41, 5.74) is 8.24. The van der Waals surface area contributed by atoms with E-state index >= 15 is 0 Å². The van der Waals surface area contributed by atoms with E-state index in [2.05, 4.69) is 10.3 Å². The molecule has 116 valence electrons. The molecule has 2 rings (SSSR count). The van der Waals surface area contributed by atoms with Crippen LogP contribution in [0.5, 0.6) is 0 Å². The number of nitrogens with zero attached hydrogens (tertiary/aromatic N) is 1. The van der Waals surface area contributed by atoms with Crippen molar-refractivity contribution < 1.29 is 13.2 Å². The van der Waals surface area contributed by atoms with Gasteiger partial charge in [-0.3, -0.25) is 0 Å². The lowest BCUT2D eigenvalue weighted by molar-refractivity contribution is -0.136. The fraction of sp³-hybridized carbons (Fsp3) is 0.571. The summed E-state index contributed by atoms with van der Waals surface area (Å²) in [5, 5.41) is 2.80. The number of nitrogens with two attached hydrogens (primary N) is 1. The summed E-state index contributed by atoms with van der Waals surface area (Å²) in [7, 11) is 0. The van der Waals surface area contributed by atoms with Crippen LogP contribution in [0, 0.1) is 0 Å². The first-order valence-electron chi connectivity index (χ1n) is 6.92. The normalized spacial score (nSPS) is 16.2. The summed E-state index contributed by atoms with van der Waals surface area (Å²) in [6.07, 6.45) is -1.26. The largest absolute Gasteiger partial charge is 0.391 e. The molecule has 3 N–H and O–H groups in total. The van der Waals surface area contributed by atoms with Gasteiger partial charge in [-0.05, 0) is 44.2 Å². The van der Waals surface area contributed by atoms with E-state index in [1.165, 1.54) is 6.92 Å². The van der Waals surface area contributed by atoms with Crippen molar-refractivity contribution in [3.63, 3.8) is 0 Å². The zero-order valence-corrected chi connectivity index (χ0v) is 12.6. The van der Waals surface area contributed by atoms with Gasteiger partial charge in [-0.2, -0.15) is 13.2 Å². The van der Waals surface area contributed by atoms with Crippen LogP contribution in [0.2, 0.25) is 0 Å². The third kappa shape index (κ3) is 4.30. The molecule has 1 atom stereocenters. The van der Waals surface area contributed by atoms with Crippen molar-refractivity contribution in [1.82, 2.24) is 4.98 Å². The van der Waals surface area contributed by atoms with Crippen molar-refractivity contribution in [1.29, 1.82) is 0 Å². The van der Waals surface area contributed by atoms with Crippen molar-refractivity contribution >= 4 is 23.0 Å². The maximum absolute atomic E-state index is 12.4. The fourth-order valence-corrected chi connectivity index (χ4v) is 2.72. The number of anilines is 1. The van der Waals surface area contributed by atoms with Crippen molar-refractivity contribution in [2.45, 2.75) is 51.2 Å². The van der Waals surface area contributed by atoms with Gasteiger partial charge in [0, 0.05) is 11.7 Å². The van der Waals surface area contributed by atoms with Crippen LogP contribution in [0.1, 0.15) is 43.0 Å². The molecule has 1 aliphatic rings. The lowest BCUT2D eigenvalue weighted by Crippen LogP contribution is -2.27. The molecule has 21 heavy (non-hydrogen) atoms. The summed E-state index contributed by atoms with van der Waals surface area (Å²) >= 11 is 4.99. The van der Waals surface area contributed by atoms with Crippen LogP contribution in [0.4, 0.5) is 19.0 Å². The van der Waals surface area contributed by atoms with Crippen molar-refractivity contribution in [2.24, 2.45) is 5.73 Å². The molecule has 0 fully saturated rings. The molecule has 0 aromatic carbocycles. The van der Waals surface area contributed by atoms with Crippen molar-refractivity contribution in [3.05, 3.63) is 22.9 Å². The lowest BCUT2D eigenvalue weighted by atomic mass is 9.94. The van der Waals surface area contributed by atoms with Crippen molar-refractivity contribution in [2.75, 3.05) is 5.32 Å². The highest BCUT2D eigenvalue weighted by Gasteiger charge is 2.30. The Labute approximate surface area is 127 Å². The molecule has 1 heterocycles. The van der Waals surface area contributed by atoms with E-state index < -0.39 is 18.6 Å². The minimum atomic E-state index is -4.22. The van der Waals surface area contributed by atoms with E-state index in [4.69, 9.17) is 18.0 Å². The SMILES string of the molecule is CC(CC(F)(F)F)Nc1nc2c(cc1C(N)=S)CCCC2. The standard InChI is InChI=1S/C14H18F3N3S/c1-8(7-14(15,16)17)19-13-10(12(18)21)6-9-4-2-3-5-11(9)20-13/h6,8H,2-5,7H2,1H3,(H2,18,21)(H,19,20). The summed E-state index contributed by atoms with van der Waals surface area (Å²) in [5.74, 6) is 0.361. The first-order chi connectivity index (χ1) is 9.76. The number of alkyl halides is 3. The Balaban J connectivity index is 2.26. The van der Waals surface area contributed by atoms with E-state index in [9.17, 15) is 13.2 Å². The second-order valence-corrected chi connectivity index (χ2v) is 5.87. The van der Waals surface area contributed by atoms with Gasteiger partial charge in [0.25, 0.3) is 0 Å². The molecule has 0 bridgehead atoms. The Bertz CT molecular complexity index is 543. The highest BCUT2D eigenvalue weighted by molar-refractivity contribution is 7.80. The minimum absolute atomic E-state index is 0.151. The number of fused-ring (bicyclic) bond motifs is 1. The number of nitrogens with one attached hydrogen (secondary N) is 1. The molecule has 3 nitrogen and oxygen atoms in total. The quantitative estimate of drug-likeness (QED) is 0.836. The smallest absolute Gasteiger partial charge is 0.389 e. The Hall–Kier alpha value is -1.37. The second kappa shape index (κ2) is 6.17. The summed E-state index contributed by atoms with van der Waals surface area (Å²) < 4.78 is 37.3. The third-order valence-electron chi connectivity index (χ3n) is 3.49. The van der Waals surface area contributed by atoms with Gasteiger partial charge in [-0.15, -0.1) is 0 Å². The zero-order chi connectivity index (χ0) is 15.6. The maximum Gasteiger partial charge on any atom is 0.391 e. The molecule has 0 amide bonds. The van der Waals surface area contributed by atoms with Gasteiger partial charge in [0.2, 0.25) is 0 Å². The number of hydrogen-bond acceptors (Lipinski definition) is 3. The second-order valence-electron chi connectivity index (χ2n) is 5.43. The predicted octanol–water partition coefficient (Wildman–Crippen LogP) is 3.35. The van der Waals surface area contributed by atoms with E-state index in [0.717, 1.165) is 36.9 Å². The Morgan fingerprint density at radius 2 is 2.10 bits per heavy atom. The predicted molar refractivity (Wildman–Crippen MR) is 80.5 cm³/mol. The number of hydrogen-bond donors (Lipinski definition) is 2. The molecule has 1 aliphatic carbocycles. The topological polar surface area (TPSA) is 50.9 Å². The van der Waals surface area contributed by atoms with Crippen LogP contribution in [0.25, 0.3) is 0 Å². The van der Waals surface area contributed by atoms with Crippen molar-refractivity contribution in [3.8, 4) is 0 Å². The molecule has 0 aliphatic heterocycles. The van der Waals surface area contributed by atoms with Crippen LogP contribution in [-0.2, 0) is 12.8 Å². The molecule has 0 saturated heterocycles. The summed E-state index contributed by atoms with van der Waals surface area (Å²) in [6.45, 7) is 1.47. The minimum Gasteiger partial charge on any atom is -0.389 e. The number of halogens is 3. The third-order valence-corrected chi connectivity index (χ3v) is 3.71. The molecular weight excluding hydrogens is 299 g/mol. The van der Waals surface area contributed by atoms with Crippen LogP contribution in [0.15, 0.2) is 6.07 Å². The Morgan fingerprint density at radius 3 is 2.71 bits per heavy atom. The van der Waals surface area contributed by atoms with Gasteiger partial charge in [0.1, 0.15) is 10.8 Å². The Kier molecular flexibility index (Phi) is 4.70. The summed E-state index contributed by atoms with van der Waals surface area (Å²) in [4.78, 5) is 4.61. The number of thiocarbonyl (C=S) groups is 1. The molecule has 7 heteroatoms. The number of rotatable bonds is 4. The molecule has 0 saturated carbocycles. The van der Waals surface area contributed by atoms with Gasteiger partial charge >= 0.3 is 6.18 Å². The summed E-state index contributed by atoms with van der Waals surface area (Å²) in [6, 6.07) is 1.08. The fourth-order valence-electron chi connectivity index (χ4n) is 2.56. The van der Waals surface area contributed by atoms with E-state index in [1.54, 1.807) is 0 Å². The number of aromatic nitrogens is 1. The molecule has 1 aromatic rings. The first kappa shape index (κ1) is 16.0. The van der Waals surface area contributed by atoms with Gasteiger partial charge in [0.05, 0.1) is 12.0 Å². The Morgan fingerprint density at radius 1 is 1.43 bits per heavy atom. The van der Waals surface area contributed by atoms with Crippen LogP contribution in [0.3, 0.4) is 0 Å². The van der Waals surface area contributed by atoms with Crippen LogP contribution in [-0.4, -0.2) is 22.2 Å². The number of aryl methyl sites for hydroxylation is 2. The zero-order valence-electron chi connectivity index (χ0n) is 11.8. The van der Waals surface area contributed by atoms with E-state index in [-0.39, 0.29) is 4.99 Å².